The van der Waals surface area contributed by atoms with Gasteiger partial charge in [-0.1, -0.05) is 170 Å². The van der Waals surface area contributed by atoms with Gasteiger partial charge in [0.15, 0.2) is 23.2 Å². The Morgan fingerprint density at radius 3 is 1.36 bits per heavy atom. The molecule has 298 valence electrons. The second kappa shape index (κ2) is 15.2. The van der Waals surface area contributed by atoms with Crippen LogP contribution in [-0.2, 0) is 0 Å². The van der Waals surface area contributed by atoms with Crippen LogP contribution >= 0.6 is 0 Å². The molecule has 0 fully saturated rings. The summed E-state index contributed by atoms with van der Waals surface area (Å²) < 4.78 is 4.72. The van der Waals surface area contributed by atoms with Crippen LogP contribution in [0.2, 0.25) is 0 Å². The normalized spacial score (nSPS) is 11.4. The van der Waals surface area contributed by atoms with Crippen LogP contribution in [0.25, 0.3) is 116 Å². The van der Waals surface area contributed by atoms with E-state index in [0.717, 1.165) is 83.2 Å². The molecule has 0 radical (unpaired) electrons. The van der Waals surface area contributed by atoms with Crippen LogP contribution in [0.1, 0.15) is 0 Å². The number of fused-ring (bicyclic) bond motifs is 6. The molecule has 0 unspecified atom stereocenters. The van der Waals surface area contributed by atoms with Crippen molar-refractivity contribution in [1.82, 2.24) is 24.1 Å². The summed E-state index contributed by atoms with van der Waals surface area (Å²) >= 11 is 0. The van der Waals surface area contributed by atoms with E-state index in [1.54, 1.807) is 0 Å². The number of hydrogen-bond donors (Lipinski definition) is 0. The number of nitrogens with zero attached hydrogens (tertiary/aromatic N) is 6. The van der Waals surface area contributed by atoms with Crippen molar-refractivity contribution in [2.24, 2.45) is 0 Å². The molecule has 0 bridgehead atoms. The average Bonchev–Trinajstić information content (AvgIpc) is 3.89. The van der Waals surface area contributed by atoms with Gasteiger partial charge in [-0.25, -0.2) is 19.8 Å². The van der Waals surface area contributed by atoms with Gasteiger partial charge in [0.25, 0.3) is 0 Å². The summed E-state index contributed by atoms with van der Waals surface area (Å²) in [4.78, 5) is 19.6. The lowest BCUT2D eigenvalue weighted by atomic mass is 9.99. The molecule has 0 N–H and O–H groups in total. The van der Waals surface area contributed by atoms with Gasteiger partial charge in [0.1, 0.15) is 0 Å². The zero-order valence-corrected chi connectivity index (χ0v) is 34.5. The van der Waals surface area contributed by atoms with Gasteiger partial charge >= 0.3 is 0 Å². The van der Waals surface area contributed by atoms with Crippen molar-refractivity contribution >= 4 is 49.3 Å². The number of rotatable bonds is 7. The number of aromatic nitrogens is 5. The largest absolute Gasteiger partial charge is 0.309 e. The molecule has 64 heavy (non-hydrogen) atoms. The summed E-state index contributed by atoms with van der Waals surface area (Å²) in [6.45, 7) is 7.90. The van der Waals surface area contributed by atoms with E-state index >= 15 is 0 Å². The molecule has 3 aromatic heterocycles. The minimum Gasteiger partial charge on any atom is -0.309 e. The lowest BCUT2D eigenvalue weighted by Gasteiger charge is -2.18. The standard InChI is InChI=1S/C58H36N6/c1-59-49-27-13-8-22-42(49)40-32-34-54-47(36-40)46-26-12-17-31-53(46)64(54)55-35-33-41(43-23-9-14-28-50(43)63-51-29-15-10-24-44(51)45-25-11-16-30-52(45)63)37-48(55)58-61-56(38-18-4-2-5-19-38)60-57(62-58)39-20-6-3-7-21-39/h2-37H. The monoisotopic (exact) mass is 816 g/mol. The van der Waals surface area contributed by atoms with Gasteiger partial charge < -0.3 is 9.13 Å². The molecule has 0 saturated heterocycles. The Labute approximate surface area is 369 Å². The topological polar surface area (TPSA) is 52.9 Å². The molecule has 12 rings (SSSR count). The summed E-state index contributed by atoms with van der Waals surface area (Å²) in [6.07, 6.45) is 0. The Balaban J connectivity index is 1.15. The fourth-order valence-electron chi connectivity index (χ4n) is 9.32. The highest BCUT2D eigenvalue weighted by molar-refractivity contribution is 6.12. The average molecular weight is 817 g/mol. The molecule has 0 saturated carbocycles. The maximum atomic E-state index is 7.90. The zero-order chi connectivity index (χ0) is 42.6. The smallest absolute Gasteiger partial charge is 0.194 e. The van der Waals surface area contributed by atoms with Crippen molar-refractivity contribution in [3.63, 3.8) is 0 Å². The van der Waals surface area contributed by atoms with Crippen LogP contribution < -0.4 is 0 Å². The fraction of sp³-hybridized carbons (Fsp3) is 0. The molecule has 0 aliphatic carbocycles. The van der Waals surface area contributed by atoms with E-state index < -0.39 is 0 Å². The number of para-hydroxylation sites is 5. The molecule has 0 aliphatic heterocycles. The molecule has 0 spiro atoms. The highest BCUT2D eigenvalue weighted by atomic mass is 15.1. The molecular weight excluding hydrogens is 781 g/mol. The van der Waals surface area contributed by atoms with Crippen molar-refractivity contribution in [2.45, 2.75) is 0 Å². The van der Waals surface area contributed by atoms with Crippen molar-refractivity contribution in [1.29, 1.82) is 0 Å². The third kappa shape index (κ3) is 6.06. The van der Waals surface area contributed by atoms with Crippen molar-refractivity contribution in [3.8, 4) is 67.8 Å². The van der Waals surface area contributed by atoms with E-state index in [9.17, 15) is 0 Å². The second-order valence-corrected chi connectivity index (χ2v) is 15.9. The maximum Gasteiger partial charge on any atom is 0.194 e. The quantitative estimate of drug-likeness (QED) is 0.151. The van der Waals surface area contributed by atoms with E-state index in [0.29, 0.717) is 23.2 Å². The predicted molar refractivity (Wildman–Crippen MR) is 262 cm³/mol. The van der Waals surface area contributed by atoms with Crippen LogP contribution in [0.5, 0.6) is 0 Å². The van der Waals surface area contributed by atoms with Gasteiger partial charge in [0.2, 0.25) is 0 Å². The van der Waals surface area contributed by atoms with Gasteiger partial charge in [0.05, 0.1) is 40.0 Å². The third-order valence-electron chi connectivity index (χ3n) is 12.2. The predicted octanol–water partition coefficient (Wildman–Crippen LogP) is 15.0. The van der Waals surface area contributed by atoms with Crippen molar-refractivity contribution in [3.05, 3.63) is 230 Å². The summed E-state index contributed by atoms with van der Waals surface area (Å²) in [5, 5.41) is 4.62. The summed E-state index contributed by atoms with van der Waals surface area (Å²) in [5.41, 5.74) is 13.7. The van der Waals surface area contributed by atoms with Crippen LogP contribution in [-0.4, -0.2) is 24.1 Å². The highest BCUT2D eigenvalue weighted by Gasteiger charge is 2.22. The third-order valence-corrected chi connectivity index (χ3v) is 12.2. The molecule has 12 aromatic rings. The van der Waals surface area contributed by atoms with E-state index in [2.05, 4.69) is 147 Å². The van der Waals surface area contributed by atoms with Gasteiger partial charge in [-0.05, 0) is 65.2 Å². The van der Waals surface area contributed by atoms with Gasteiger partial charge in [0, 0.05) is 43.8 Å². The van der Waals surface area contributed by atoms with Crippen molar-refractivity contribution in [2.75, 3.05) is 0 Å². The first-order valence-corrected chi connectivity index (χ1v) is 21.3. The van der Waals surface area contributed by atoms with E-state index in [4.69, 9.17) is 21.5 Å². The molecule has 9 aromatic carbocycles. The van der Waals surface area contributed by atoms with E-state index in [-0.39, 0.29) is 0 Å². The number of benzene rings is 9. The molecule has 0 aliphatic rings. The Morgan fingerprint density at radius 1 is 0.312 bits per heavy atom. The van der Waals surface area contributed by atoms with Crippen LogP contribution in [0.4, 0.5) is 5.69 Å². The summed E-state index contributed by atoms with van der Waals surface area (Å²) in [7, 11) is 0. The van der Waals surface area contributed by atoms with Crippen LogP contribution in [0.3, 0.4) is 0 Å². The Kier molecular flexibility index (Phi) is 8.77. The molecule has 0 atom stereocenters. The van der Waals surface area contributed by atoms with Gasteiger partial charge in [-0.2, -0.15) is 0 Å². The number of hydrogen-bond acceptors (Lipinski definition) is 3. The Hall–Kier alpha value is -8.92. The van der Waals surface area contributed by atoms with E-state index in [1.165, 1.54) is 10.8 Å². The lowest BCUT2D eigenvalue weighted by molar-refractivity contribution is 1.06. The van der Waals surface area contributed by atoms with Gasteiger partial charge in [-0.15, -0.1) is 0 Å². The van der Waals surface area contributed by atoms with Crippen LogP contribution in [0, 0.1) is 6.57 Å². The SMILES string of the molecule is [C-]#[N+]c1ccccc1-c1ccc2c(c1)c1ccccc1n2-c1ccc(-c2ccccc2-n2c3ccccc3c3ccccc32)cc1-c1nc(-c2ccccc2)nc(-c2ccccc2)n1. The molecule has 6 heteroatoms. The maximum absolute atomic E-state index is 7.90. The molecular formula is C58H36N6. The first-order chi connectivity index (χ1) is 31.7. The second-order valence-electron chi connectivity index (χ2n) is 15.9. The first kappa shape index (κ1) is 36.9. The van der Waals surface area contributed by atoms with Crippen LogP contribution in [0.15, 0.2) is 218 Å². The minimum atomic E-state index is 0.562. The Morgan fingerprint density at radius 2 is 0.750 bits per heavy atom. The molecule has 3 heterocycles. The summed E-state index contributed by atoms with van der Waals surface area (Å²) in [6, 6.07) is 75.7. The van der Waals surface area contributed by atoms with Gasteiger partial charge in [-0.3, -0.25) is 0 Å². The highest BCUT2D eigenvalue weighted by Crippen LogP contribution is 2.42. The molecule has 0 amide bonds. The zero-order valence-electron chi connectivity index (χ0n) is 34.5. The summed E-state index contributed by atoms with van der Waals surface area (Å²) in [5.74, 6) is 1.75. The fourth-order valence-corrected chi connectivity index (χ4v) is 9.32. The minimum absolute atomic E-state index is 0.562. The van der Waals surface area contributed by atoms with E-state index in [1.807, 2.05) is 84.9 Å². The van der Waals surface area contributed by atoms with Crippen molar-refractivity contribution < 1.29 is 0 Å². The molecule has 6 nitrogen and oxygen atoms in total. The first-order valence-electron chi connectivity index (χ1n) is 21.3. The lowest BCUT2D eigenvalue weighted by Crippen LogP contribution is -2.04. The Bertz CT molecular complexity index is 3690.